The molecule has 0 saturated heterocycles. The van der Waals surface area contributed by atoms with Gasteiger partial charge in [-0.15, -0.1) is 0 Å². The molecule has 1 rings (SSSR count). The average molecular weight is 228 g/mol. The molecule has 82 valence electrons. The number of para-hydroxylation sites is 1. The van der Waals surface area contributed by atoms with Crippen LogP contribution in [0.25, 0.3) is 0 Å². The summed E-state index contributed by atoms with van der Waals surface area (Å²) in [4.78, 5) is 0. The van der Waals surface area contributed by atoms with Crippen LogP contribution in [0.3, 0.4) is 0 Å². The monoisotopic (exact) mass is 228 g/mol. The molecule has 1 aromatic carbocycles. The highest BCUT2D eigenvalue weighted by molar-refractivity contribution is 6.43. The second-order valence-corrected chi connectivity index (χ2v) is 3.73. The van der Waals surface area contributed by atoms with E-state index in [9.17, 15) is 0 Å². The molecule has 0 aliphatic carbocycles. The third kappa shape index (κ3) is 3.74. The lowest BCUT2D eigenvalue weighted by Gasteiger charge is -2.15. The molecule has 0 fully saturated rings. The molecule has 3 nitrogen and oxygen atoms in total. The number of ether oxygens (including phenoxy) is 1. The van der Waals surface area contributed by atoms with Crippen molar-refractivity contribution >= 4 is 18.7 Å². The number of rotatable bonds is 5. The Labute approximate surface area is 94.8 Å². The average Bonchev–Trinajstić information content (AvgIpc) is 2.21. The topological polar surface area (TPSA) is 49.7 Å². The van der Waals surface area contributed by atoms with Gasteiger partial charge in [0.2, 0.25) is 0 Å². The number of benzene rings is 1. The molecule has 0 aliphatic heterocycles. The van der Waals surface area contributed by atoms with E-state index >= 15 is 0 Å². The second-order valence-electron chi connectivity index (χ2n) is 3.32. The molecule has 5 heteroatoms. The molecule has 0 radical (unpaired) electrons. The van der Waals surface area contributed by atoms with Crippen molar-refractivity contribution in [3.05, 3.63) is 29.3 Å². The summed E-state index contributed by atoms with van der Waals surface area (Å²) in [5.41, 5.74) is 0. The standard InChI is InChI=1S/C10H14BClO3/c1-2-8(11(13)14)7-15-10-6-4-3-5-9(10)12/h3-6,8,13-14H,2,7H2,1H3/t8-/m0/s1. The normalized spacial score (nSPS) is 12.3. The zero-order valence-corrected chi connectivity index (χ0v) is 9.31. The number of hydrogen-bond acceptors (Lipinski definition) is 3. The lowest BCUT2D eigenvalue weighted by molar-refractivity contribution is 0.277. The molecular weight excluding hydrogens is 214 g/mol. The first-order chi connectivity index (χ1) is 7.15. The van der Waals surface area contributed by atoms with Gasteiger partial charge in [0, 0.05) is 5.82 Å². The van der Waals surface area contributed by atoms with Gasteiger partial charge in [-0.05, 0) is 12.1 Å². The van der Waals surface area contributed by atoms with Crippen LogP contribution in [0.2, 0.25) is 10.8 Å². The third-order valence-electron chi connectivity index (χ3n) is 2.24. The predicted octanol–water partition coefficient (Wildman–Crippen LogP) is 1.97. The molecule has 0 aromatic heterocycles. The van der Waals surface area contributed by atoms with Crippen LogP contribution in [0.5, 0.6) is 5.75 Å². The van der Waals surface area contributed by atoms with Crippen LogP contribution in [0.15, 0.2) is 24.3 Å². The van der Waals surface area contributed by atoms with Crippen molar-refractivity contribution in [2.24, 2.45) is 0 Å². The highest BCUT2D eigenvalue weighted by Gasteiger charge is 2.22. The van der Waals surface area contributed by atoms with Gasteiger partial charge in [-0.3, -0.25) is 0 Å². The first-order valence-electron chi connectivity index (χ1n) is 4.88. The van der Waals surface area contributed by atoms with Crippen LogP contribution in [0.1, 0.15) is 13.3 Å². The Morgan fingerprint density at radius 1 is 1.40 bits per heavy atom. The Bertz CT molecular complexity index is 306. The number of halogens is 1. The van der Waals surface area contributed by atoms with Gasteiger partial charge in [0.05, 0.1) is 11.6 Å². The highest BCUT2D eigenvalue weighted by atomic mass is 35.5. The van der Waals surface area contributed by atoms with Gasteiger partial charge < -0.3 is 14.8 Å². The summed E-state index contributed by atoms with van der Waals surface area (Å²) in [6.45, 7) is 2.12. The molecule has 0 bridgehead atoms. The van der Waals surface area contributed by atoms with E-state index in [1.54, 1.807) is 12.1 Å². The maximum atomic E-state index is 9.00. The maximum absolute atomic E-state index is 9.00. The van der Waals surface area contributed by atoms with Crippen LogP contribution >= 0.6 is 11.6 Å². The largest absolute Gasteiger partial charge is 0.492 e. The lowest BCUT2D eigenvalue weighted by atomic mass is 9.72. The summed E-state index contributed by atoms with van der Waals surface area (Å²) in [5.74, 6) is 0.277. The van der Waals surface area contributed by atoms with Crippen molar-refractivity contribution in [2.45, 2.75) is 19.2 Å². The van der Waals surface area contributed by atoms with E-state index in [2.05, 4.69) is 0 Å². The van der Waals surface area contributed by atoms with Gasteiger partial charge in [-0.1, -0.05) is 37.1 Å². The zero-order valence-electron chi connectivity index (χ0n) is 8.56. The molecule has 15 heavy (non-hydrogen) atoms. The van der Waals surface area contributed by atoms with E-state index < -0.39 is 7.12 Å². The van der Waals surface area contributed by atoms with Gasteiger partial charge in [-0.25, -0.2) is 0 Å². The van der Waals surface area contributed by atoms with Crippen molar-refractivity contribution in [2.75, 3.05) is 6.61 Å². The molecule has 0 amide bonds. The Morgan fingerprint density at radius 3 is 2.60 bits per heavy atom. The fraction of sp³-hybridized carbons (Fsp3) is 0.400. The fourth-order valence-corrected chi connectivity index (χ4v) is 1.36. The highest BCUT2D eigenvalue weighted by Crippen LogP contribution is 2.24. The molecule has 1 atom stereocenters. The smallest absolute Gasteiger partial charge is 0.458 e. The van der Waals surface area contributed by atoms with Gasteiger partial charge in [-0.2, -0.15) is 0 Å². The molecule has 0 unspecified atom stereocenters. The van der Waals surface area contributed by atoms with E-state index in [-0.39, 0.29) is 12.4 Å². The van der Waals surface area contributed by atoms with Gasteiger partial charge >= 0.3 is 7.12 Å². The Kier molecular flexibility index (Phi) is 4.95. The van der Waals surface area contributed by atoms with E-state index in [0.717, 1.165) is 0 Å². The Hall–Kier alpha value is -0.705. The van der Waals surface area contributed by atoms with Gasteiger partial charge in [0.25, 0.3) is 0 Å². The summed E-state index contributed by atoms with van der Waals surface area (Å²) in [6.07, 6.45) is 0.641. The second kappa shape index (κ2) is 6.00. The summed E-state index contributed by atoms with van der Waals surface area (Å²) in [6, 6.07) is 7.11. The van der Waals surface area contributed by atoms with Crippen molar-refractivity contribution < 1.29 is 14.8 Å². The van der Waals surface area contributed by atoms with Crippen molar-refractivity contribution in [1.82, 2.24) is 0 Å². The minimum absolute atomic E-state index is 0.248. The molecule has 0 saturated carbocycles. The first kappa shape index (κ1) is 12.4. The predicted molar refractivity (Wildman–Crippen MR) is 61.2 cm³/mol. The molecule has 0 aliphatic rings. The summed E-state index contributed by atoms with van der Waals surface area (Å²) < 4.78 is 5.40. The maximum Gasteiger partial charge on any atom is 0.458 e. The first-order valence-corrected chi connectivity index (χ1v) is 5.26. The summed E-state index contributed by atoms with van der Waals surface area (Å²) >= 11 is 5.88. The third-order valence-corrected chi connectivity index (χ3v) is 2.55. The SMILES string of the molecule is CC[C@@H](COc1ccccc1Cl)B(O)O. The van der Waals surface area contributed by atoms with Crippen molar-refractivity contribution in [3.8, 4) is 5.75 Å². The van der Waals surface area contributed by atoms with E-state index in [4.69, 9.17) is 26.4 Å². The molecule has 0 heterocycles. The quantitative estimate of drug-likeness (QED) is 0.758. The molecule has 0 spiro atoms. The Balaban J connectivity index is 2.53. The lowest BCUT2D eigenvalue weighted by Crippen LogP contribution is -2.25. The van der Waals surface area contributed by atoms with Crippen LogP contribution in [-0.2, 0) is 0 Å². The van der Waals surface area contributed by atoms with E-state index in [0.29, 0.717) is 17.2 Å². The molecular formula is C10H14BClO3. The van der Waals surface area contributed by atoms with Crippen LogP contribution in [0, 0.1) is 0 Å². The zero-order chi connectivity index (χ0) is 11.3. The van der Waals surface area contributed by atoms with Crippen LogP contribution < -0.4 is 4.74 Å². The van der Waals surface area contributed by atoms with Crippen molar-refractivity contribution in [3.63, 3.8) is 0 Å². The number of hydrogen-bond donors (Lipinski definition) is 2. The van der Waals surface area contributed by atoms with E-state index in [1.807, 2.05) is 19.1 Å². The summed E-state index contributed by atoms with van der Waals surface area (Å²) in [5, 5.41) is 18.5. The summed E-state index contributed by atoms with van der Waals surface area (Å²) in [7, 11) is -1.35. The molecule has 1 aromatic rings. The fourth-order valence-electron chi connectivity index (χ4n) is 1.17. The minimum Gasteiger partial charge on any atom is -0.492 e. The van der Waals surface area contributed by atoms with Crippen LogP contribution in [-0.4, -0.2) is 23.8 Å². The van der Waals surface area contributed by atoms with E-state index in [1.165, 1.54) is 0 Å². The van der Waals surface area contributed by atoms with Gasteiger partial charge in [0.1, 0.15) is 5.75 Å². The minimum atomic E-state index is -1.35. The van der Waals surface area contributed by atoms with Crippen LogP contribution in [0.4, 0.5) is 0 Å². The van der Waals surface area contributed by atoms with Gasteiger partial charge in [0.15, 0.2) is 0 Å². The Morgan fingerprint density at radius 2 is 2.07 bits per heavy atom. The molecule has 2 N–H and O–H groups in total. The van der Waals surface area contributed by atoms with Crippen molar-refractivity contribution in [1.29, 1.82) is 0 Å².